The van der Waals surface area contributed by atoms with Crippen molar-refractivity contribution in [3.8, 4) is 0 Å². The monoisotopic (exact) mass is 465 g/mol. The molecule has 0 aromatic carbocycles. The van der Waals surface area contributed by atoms with Crippen LogP contribution in [-0.2, 0) is 0 Å². The molecule has 0 aromatic rings. The van der Waals surface area contributed by atoms with Crippen molar-refractivity contribution < 1.29 is 0 Å². The molecule has 0 amide bonds. The molecule has 9 heavy (non-hydrogen) atoms. The van der Waals surface area contributed by atoms with Crippen LogP contribution in [0.1, 0.15) is 0 Å². The summed E-state index contributed by atoms with van der Waals surface area (Å²) in [5.41, 5.74) is 18.3. The fourth-order valence-electron chi connectivity index (χ4n) is 0.465. The summed E-state index contributed by atoms with van der Waals surface area (Å²) in [5.74, 6) is 0. The van der Waals surface area contributed by atoms with Gasteiger partial charge in [0.05, 0.1) is 0 Å². The van der Waals surface area contributed by atoms with Crippen molar-refractivity contribution in [1.29, 1.82) is 0 Å². The molecule has 1 aliphatic rings. The molecule has 0 radical (unpaired) electrons. The van der Waals surface area contributed by atoms with E-state index in [-0.39, 0.29) is 3.55 Å². The van der Waals surface area contributed by atoms with Gasteiger partial charge in [0.25, 0.3) is 0 Å². The zero-order chi connectivity index (χ0) is 7.23. The van der Waals surface area contributed by atoms with Gasteiger partial charge in [0, 0.05) is 0 Å². The molecule has 6 heteroatoms. The first-order valence-corrected chi connectivity index (χ1v) is 15.7. The molecule has 0 fully saturated rings. The Hall–Kier alpha value is 1.49. The minimum atomic E-state index is -1.13. The third-order valence-electron chi connectivity index (χ3n) is 1.24. The summed E-state index contributed by atoms with van der Waals surface area (Å²) in [6.45, 7) is 0. The summed E-state index contributed by atoms with van der Waals surface area (Å²) in [6, 6.07) is 0. The Morgan fingerprint density at radius 2 is 1.56 bits per heavy atom. The predicted molar refractivity (Wildman–Crippen MR) is 64.4 cm³/mol. The number of nitrogens with two attached hydrogens (primary N) is 3. The van der Waals surface area contributed by atoms with Gasteiger partial charge < -0.3 is 0 Å². The van der Waals surface area contributed by atoms with Crippen molar-refractivity contribution >= 4 is 49.1 Å². The molecule has 54 valence electrons. The average molecular weight is 465 g/mol. The van der Waals surface area contributed by atoms with Crippen LogP contribution in [0.2, 0.25) is 0 Å². The third kappa shape index (κ3) is 1.15. The topological polar surface area (TPSA) is 78.1 Å². The van der Waals surface area contributed by atoms with Crippen molar-refractivity contribution in [1.82, 2.24) is 0 Å². The zero-order valence-electron chi connectivity index (χ0n) is 4.37. The molecule has 0 heterocycles. The van der Waals surface area contributed by atoms with Gasteiger partial charge in [-0.3, -0.25) is 0 Å². The van der Waals surface area contributed by atoms with Crippen molar-refractivity contribution in [2.75, 3.05) is 0 Å². The van der Waals surface area contributed by atoms with E-state index in [1.54, 1.807) is 0 Å². The van der Waals surface area contributed by atoms with E-state index < -0.39 is 11.9 Å². The molecule has 1 aliphatic carbocycles. The number of hydrogen-bond acceptors (Lipinski definition) is 3. The van der Waals surface area contributed by atoms with Gasteiger partial charge in [-0.25, -0.2) is 0 Å². The van der Waals surface area contributed by atoms with Gasteiger partial charge in [-0.05, 0) is 0 Å². The molecule has 3 nitrogen and oxygen atoms in total. The Kier molecular flexibility index (Phi) is 2.40. The summed E-state index contributed by atoms with van der Waals surface area (Å²) in [5, 5.41) is 0. The van der Waals surface area contributed by atoms with Gasteiger partial charge in [-0.1, -0.05) is 0 Å². The van der Waals surface area contributed by atoms with Crippen LogP contribution in [0.15, 0.2) is 11.4 Å². The molecule has 1 rings (SSSR count). The first-order valence-electron chi connectivity index (χ1n) is 2.09. The van der Waals surface area contributed by atoms with Crippen molar-refractivity contribution in [2.24, 2.45) is 17.2 Å². The summed E-state index contributed by atoms with van der Waals surface area (Å²) in [6.07, 6.45) is 0. The maximum absolute atomic E-state index is 5.81. The predicted octanol–water partition coefficient (Wildman–Crippen LogP) is 0.990. The van der Waals surface area contributed by atoms with Crippen LogP contribution in [-0.4, -0.2) is 3.55 Å². The van der Waals surface area contributed by atoms with Gasteiger partial charge in [0.15, 0.2) is 0 Å². The molecular formula is C3H6I3N3. The fourth-order valence-corrected chi connectivity index (χ4v) is 7.68. The Morgan fingerprint density at radius 3 is 1.56 bits per heavy atom. The number of alkyl halides is 1. The molecule has 0 atom stereocenters. The van der Waals surface area contributed by atoms with E-state index in [0.717, 1.165) is 11.4 Å². The van der Waals surface area contributed by atoms with E-state index in [4.69, 9.17) is 17.2 Å². The Bertz CT molecular complexity index is 163. The molecule has 0 bridgehead atoms. The van der Waals surface area contributed by atoms with E-state index in [9.17, 15) is 0 Å². The van der Waals surface area contributed by atoms with Gasteiger partial charge in [0.2, 0.25) is 0 Å². The van der Waals surface area contributed by atoms with Gasteiger partial charge in [-0.2, -0.15) is 0 Å². The maximum atomic E-state index is 5.81. The normalized spacial score (nSPS) is 24.1. The van der Waals surface area contributed by atoms with E-state index in [0.29, 0.717) is 0 Å². The van der Waals surface area contributed by atoms with Crippen LogP contribution < -0.4 is 17.2 Å². The van der Waals surface area contributed by atoms with E-state index in [1.165, 1.54) is 0 Å². The molecule has 0 aromatic heterocycles. The summed E-state index contributed by atoms with van der Waals surface area (Å²) >= 11 is 3.59. The number of rotatable bonds is 1. The quantitative estimate of drug-likeness (QED) is 0.308. The van der Waals surface area contributed by atoms with E-state index >= 15 is 0 Å². The van der Waals surface area contributed by atoms with Gasteiger partial charge in [-0.15, -0.1) is 0 Å². The van der Waals surface area contributed by atoms with Crippen molar-refractivity contribution in [3.63, 3.8) is 0 Å². The summed E-state index contributed by atoms with van der Waals surface area (Å²) in [7, 11) is 0. The Labute approximate surface area is 79.9 Å². The van der Waals surface area contributed by atoms with Crippen LogP contribution in [0.3, 0.4) is 0 Å². The summed E-state index contributed by atoms with van der Waals surface area (Å²) < 4.78 is -0.314. The second-order valence-electron chi connectivity index (χ2n) is 1.74. The second kappa shape index (κ2) is 2.52. The van der Waals surface area contributed by atoms with Gasteiger partial charge in [0.1, 0.15) is 0 Å². The van der Waals surface area contributed by atoms with E-state index in [2.05, 4.69) is 37.2 Å². The molecular weight excluding hydrogens is 459 g/mol. The minimum absolute atomic E-state index is 0.314. The van der Waals surface area contributed by atoms with Crippen LogP contribution in [0.5, 0.6) is 0 Å². The van der Waals surface area contributed by atoms with Crippen molar-refractivity contribution in [3.05, 3.63) is 11.4 Å². The molecule has 0 unspecified atom stereocenters. The Balaban J connectivity index is 2.67. The van der Waals surface area contributed by atoms with Crippen LogP contribution >= 0.6 is 49.1 Å². The molecule has 0 saturated heterocycles. The number of hydrogen-bond donors (Lipinski definition) is 3. The van der Waals surface area contributed by atoms with Gasteiger partial charge >= 0.3 is 81.2 Å². The SMILES string of the molecule is NC1=C(N)C1(N)I(I)I. The molecule has 6 N–H and O–H groups in total. The van der Waals surface area contributed by atoms with Crippen LogP contribution in [0.4, 0.5) is 0 Å². The Morgan fingerprint density at radius 1 is 1.22 bits per heavy atom. The zero-order valence-corrected chi connectivity index (χ0v) is 10.8. The van der Waals surface area contributed by atoms with Crippen LogP contribution in [0, 0.1) is 0 Å². The standard InChI is InChI=1S/C3H6I3N3/c4-6(5)3(9)1(7)2(3)8/h7-9H2. The molecule has 0 spiro atoms. The summed E-state index contributed by atoms with van der Waals surface area (Å²) in [4.78, 5) is 0. The van der Waals surface area contributed by atoms with Crippen LogP contribution in [0.25, 0.3) is 0 Å². The molecule has 0 aliphatic heterocycles. The van der Waals surface area contributed by atoms with E-state index in [1.807, 2.05) is 0 Å². The van der Waals surface area contributed by atoms with Crippen molar-refractivity contribution in [2.45, 2.75) is 3.55 Å². The molecule has 0 saturated carbocycles. The fraction of sp³-hybridized carbons (Fsp3) is 0.333. The number of halogens is 3. The first-order chi connectivity index (χ1) is 4.01. The second-order valence-corrected chi connectivity index (χ2v) is 26.0. The average Bonchev–Trinajstić information content (AvgIpc) is 2.22. The third-order valence-corrected chi connectivity index (χ3v) is 12.3. The first kappa shape index (κ1) is 8.59.